The Labute approximate surface area is 218 Å². The molecule has 0 unspecified atom stereocenters. The Morgan fingerprint density at radius 3 is 2.54 bits per heavy atom. The fourth-order valence-electron chi connectivity index (χ4n) is 4.54. The Balaban J connectivity index is 1.17. The molecule has 5 rings (SSSR count). The molecule has 39 heavy (non-hydrogen) atoms. The molecule has 0 bridgehead atoms. The van der Waals surface area contributed by atoms with Crippen LogP contribution in [0, 0.1) is 0 Å². The van der Waals surface area contributed by atoms with Gasteiger partial charge in [-0.05, 0) is 6.42 Å². The van der Waals surface area contributed by atoms with E-state index in [2.05, 4.69) is 37.5 Å². The maximum atomic E-state index is 12.1. The van der Waals surface area contributed by atoms with Gasteiger partial charge in [0, 0.05) is 19.6 Å². The number of hydrogen-bond donors (Lipinski definition) is 7. The van der Waals surface area contributed by atoms with Crippen LogP contribution in [0.4, 0.5) is 17.3 Å². The Morgan fingerprint density at radius 2 is 1.82 bits per heavy atom. The SMILES string of the molecule is C=C1C(=O)C(NCCCNc2c(NC[C@H]3O[C@@H](n4cnc5c(=O)[nH]c(N)nc54)[C@H](O)[C@@H]3O)c(=O)c2=O)=C1OC. The summed E-state index contributed by atoms with van der Waals surface area (Å²) in [5.74, 6) is 0.0456. The lowest BCUT2D eigenvalue weighted by Gasteiger charge is -2.24. The Hall–Kier alpha value is -4.54. The largest absolute Gasteiger partial charge is 0.494 e. The molecule has 2 aromatic heterocycles. The number of allylic oxidation sites excluding steroid dienone is 2. The number of methoxy groups -OCH3 is 1. The lowest BCUT2D eigenvalue weighted by atomic mass is 9.95. The topological polar surface area (TPSA) is 236 Å². The Kier molecular flexibility index (Phi) is 6.67. The van der Waals surface area contributed by atoms with Crippen molar-refractivity contribution in [2.45, 2.75) is 31.0 Å². The monoisotopic (exact) mass is 542 g/mol. The van der Waals surface area contributed by atoms with Gasteiger partial charge in [-0.2, -0.15) is 4.98 Å². The second-order valence-electron chi connectivity index (χ2n) is 9.03. The maximum absolute atomic E-state index is 12.1. The van der Waals surface area contributed by atoms with E-state index in [1.807, 2.05) is 0 Å². The third-order valence-electron chi connectivity index (χ3n) is 6.62. The molecule has 0 radical (unpaired) electrons. The maximum Gasteiger partial charge on any atom is 0.280 e. The number of aromatic amines is 1. The summed E-state index contributed by atoms with van der Waals surface area (Å²) in [6.45, 7) is 4.23. The van der Waals surface area contributed by atoms with Crippen LogP contribution in [-0.2, 0) is 14.3 Å². The number of aliphatic hydroxyl groups excluding tert-OH is 2. The predicted molar refractivity (Wildman–Crippen MR) is 138 cm³/mol. The molecule has 16 heteroatoms. The van der Waals surface area contributed by atoms with Crippen molar-refractivity contribution in [3.05, 3.63) is 60.7 Å². The fourth-order valence-corrected chi connectivity index (χ4v) is 4.54. The predicted octanol–water partition coefficient (Wildman–Crippen LogP) is -2.58. The number of nitrogen functional groups attached to an aromatic ring is 1. The van der Waals surface area contributed by atoms with Gasteiger partial charge in [-0.15, -0.1) is 0 Å². The molecule has 1 aliphatic carbocycles. The van der Waals surface area contributed by atoms with E-state index < -0.39 is 41.0 Å². The summed E-state index contributed by atoms with van der Waals surface area (Å²) in [4.78, 5) is 58.4. The van der Waals surface area contributed by atoms with Gasteiger partial charge in [0.25, 0.3) is 16.4 Å². The number of rotatable bonds is 11. The molecule has 1 aliphatic heterocycles. The number of imidazole rings is 1. The van der Waals surface area contributed by atoms with Crippen LogP contribution in [0.3, 0.4) is 0 Å². The number of aliphatic hydroxyl groups is 2. The fraction of sp³-hybridized carbons (Fsp3) is 0.391. The number of Topliss-reactive ketones (excluding diaryl/α,β-unsaturated/α-hetero) is 1. The molecule has 2 aliphatic rings. The minimum absolute atomic E-state index is 0.0219. The van der Waals surface area contributed by atoms with E-state index in [4.69, 9.17) is 15.2 Å². The lowest BCUT2D eigenvalue weighted by molar-refractivity contribution is -0.114. The first-order valence-corrected chi connectivity index (χ1v) is 11.9. The third kappa shape index (κ3) is 4.33. The van der Waals surface area contributed by atoms with Gasteiger partial charge in [0.05, 0.1) is 19.0 Å². The van der Waals surface area contributed by atoms with E-state index in [9.17, 15) is 29.4 Å². The molecule has 0 saturated carbocycles. The van der Waals surface area contributed by atoms with Crippen LogP contribution in [-0.4, -0.2) is 80.6 Å². The van der Waals surface area contributed by atoms with E-state index in [0.29, 0.717) is 36.5 Å². The quantitative estimate of drug-likeness (QED) is 0.0749. The first-order valence-electron chi connectivity index (χ1n) is 11.9. The van der Waals surface area contributed by atoms with Crippen molar-refractivity contribution >= 4 is 34.3 Å². The van der Waals surface area contributed by atoms with Crippen LogP contribution in [0.25, 0.3) is 11.2 Å². The second kappa shape index (κ2) is 9.97. The summed E-state index contributed by atoms with van der Waals surface area (Å²) >= 11 is 0. The smallest absolute Gasteiger partial charge is 0.280 e. The van der Waals surface area contributed by atoms with Crippen LogP contribution >= 0.6 is 0 Å². The highest BCUT2D eigenvalue weighted by molar-refractivity contribution is 6.18. The van der Waals surface area contributed by atoms with Crippen molar-refractivity contribution < 1.29 is 24.5 Å². The average Bonchev–Trinajstić information content (AvgIpc) is 3.46. The minimum atomic E-state index is -1.41. The van der Waals surface area contributed by atoms with E-state index >= 15 is 0 Å². The van der Waals surface area contributed by atoms with Gasteiger partial charge in [0.15, 0.2) is 23.2 Å². The molecular formula is C23H26N8O8. The zero-order chi connectivity index (χ0) is 28.0. The van der Waals surface area contributed by atoms with Crippen LogP contribution in [0.5, 0.6) is 0 Å². The Morgan fingerprint density at radius 1 is 1.13 bits per heavy atom. The molecule has 3 heterocycles. The second-order valence-corrected chi connectivity index (χ2v) is 9.03. The average molecular weight is 543 g/mol. The van der Waals surface area contributed by atoms with Crippen molar-refractivity contribution in [1.29, 1.82) is 0 Å². The first kappa shape index (κ1) is 26.1. The molecule has 0 spiro atoms. The summed E-state index contributed by atoms with van der Waals surface area (Å²) in [5, 5.41) is 29.8. The Bertz CT molecular complexity index is 1630. The number of ether oxygens (including phenoxy) is 2. The molecule has 206 valence electrons. The number of anilines is 3. The van der Waals surface area contributed by atoms with Gasteiger partial charge < -0.3 is 41.4 Å². The molecule has 16 nitrogen and oxygen atoms in total. The van der Waals surface area contributed by atoms with Crippen molar-refractivity contribution in [3.8, 4) is 0 Å². The number of ketones is 1. The summed E-state index contributed by atoms with van der Waals surface area (Å²) in [6.07, 6.45) is -3.16. The highest BCUT2D eigenvalue weighted by Gasteiger charge is 2.44. The van der Waals surface area contributed by atoms with Crippen LogP contribution in [0.1, 0.15) is 12.6 Å². The van der Waals surface area contributed by atoms with Gasteiger partial charge in [-0.25, -0.2) is 4.98 Å². The summed E-state index contributed by atoms with van der Waals surface area (Å²) in [7, 11) is 1.45. The van der Waals surface area contributed by atoms with Crippen molar-refractivity contribution in [2.24, 2.45) is 0 Å². The van der Waals surface area contributed by atoms with Crippen LogP contribution in [0.2, 0.25) is 0 Å². The molecule has 1 saturated heterocycles. The van der Waals surface area contributed by atoms with Gasteiger partial charge in [0.1, 0.15) is 35.4 Å². The van der Waals surface area contributed by atoms with E-state index in [1.54, 1.807) is 0 Å². The summed E-state index contributed by atoms with van der Waals surface area (Å²) in [6, 6.07) is 0. The van der Waals surface area contributed by atoms with Crippen LogP contribution < -0.4 is 38.1 Å². The number of aromatic nitrogens is 4. The molecule has 1 fully saturated rings. The molecule has 8 N–H and O–H groups in total. The van der Waals surface area contributed by atoms with Crippen molar-refractivity contribution in [3.63, 3.8) is 0 Å². The molecule has 1 aromatic carbocycles. The first-order chi connectivity index (χ1) is 18.6. The summed E-state index contributed by atoms with van der Waals surface area (Å²) in [5.41, 5.74) is 4.44. The number of H-pyrrole nitrogens is 1. The molecule has 3 aromatic rings. The molecule has 0 amide bonds. The normalized spacial score (nSPS) is 22.9. The van der Waals surface area contributed by atoms with Crippen molar-refractivity contribution in [1.82, 2.24) is 24.8 Å². The van der Waals surface area contributed by atoms with E-state index in [1.165, 1.54) is 18.0 Å². The zero-order valence-electron chi connectivity index (χ0n) is 20.7. The van der Waals surface area contributed by atoms with E-state index in [-0.39, 0.29) is 40.8 Å². The van der Waals surface area contributed by atoms with E-state index in [0.717, 1.165) is 0 Å². The number of carbonyl (C=O) groups excluding carboxylic acids is 1. The number of nitrogens with two attached hydrogens (primary N) is 1. The van der Waals surface area contributed by atoms with Gasteiger partial charge in [-0.3, -0.25) is 28.7 Å². The number of nitrogens with one attached hydrogen (secondary N) is 4. The highest BCUT2D eigenvalue weighted by Crippen LogP contribution is 2.31. The van der Waals surface area contributed by atoms with Crippen molar-refractivity contribution in [2.75, 3.05) is 43.1 Å². The number of fused-ring (bicyclic) bond motifs is 1. The van der Waals surface area contributed by atoms with Gasteiger partial charge in [0.2, 0.25) is 11.7 Å². The molecular weight excluding hydrogens is 516 g/mol. The van der Waals surface area contributed by atoms with Crippen LogP contribution in [0.15, 0.2) is 44.3 Å². The summed E-state index contributed by atoms with van der Waals surface area (Å²) < 4.78 is 12.2. The lowest BCUT2D eigenvalue weighted by Crippen LogP contribution is -2.41. The number of carbonyl (C=O) groups is 1. The number of hydrogen-bond acceptors (Lipinski definition) is 14. The standard InChI is InChI=1S/C23H26N8O8/c1-8-14(32)12(19(8)38-2)26-5-3-4-25-10-11(17(35)16(10)34)27-6-9-15(33)18(36)22(39-9)31-7-28-13-20(31)29-23(24)30-21(13)37/h7,9,15,18,22,25-27,33,36H,1,3-6H2,2H3,(H3,24,29,30,37)/t9-,15-,18-,22-/m1/s1. The zero-order valence-corrected chi connectivity index (χ0v) is 20.7. The van der Waals surface area contributed by atoms with Gasteiger partial charge in [-0.1, -0.05) is 6.58 Å². The minimum Gasteiger partial charge on any atom is -0.494 e. The third-order valence-corrected chi connectivity index (χ3v) is 6.62. The highest BCUT2D eigenvalue weighted by atomic mass is 16.6. The molecule has 4 atom stereocenters. The van der Waals surface area contributed by atoms with Gasteiger partial charge >= 0.3 is 0 Å². The number of nitrogens with zero attached hydrogens (tertiary/aromatic N) is 3.